The van der Waals surface area contributed by atoms with Crippen molar-refractivity contribution in [2.75, 3.05) is 0 Å². The van der Waals surface area contributed by atoms with Crippen molar-refractivity contribution >= 4 is 49.3 Å². The first-order valence-electron chi connectivity index (χ1n) is 16.3. The van der Waals surface area contributed by atoms with E-state index < -0.39 is 0 Å². The first kappa shape index (κ1) is 28.8. The van der Waals surface area contributed by atoms with Gasteiger partial charge in [0.2, 0.25) is 0 Å². The van der Waals surface area contributed by atoms with Gasteiger partial charge < -0.3 is 9.13 Å². The Morgan fingerprint density at radius 2 is 1.12 bits per heavy atom. The lowest BCUT2D eigenvalue weighted by atomic mass is 9.91. The molecular weight excluding hydrogens is 611 g/mol. The van der Waals surface area contributed by atoms with Gasteiger partial charge in [-0.15, -0.1) is 0 Å². The molecule has 2 aromatic heterocycles. The van der Waals surface area contributed by atoms with E-state index in [0.29, 0.717) is 16.8 Å². The van der Waals surface area contributed by atoms with Crippen molar-refractivity contribution < 1.29 is 0 Å². The smallest absolute Gasteiger partial charge is 0.188 e. The molecule has 5 heteroatoms. The van der Waals surface area contributed by atoms with Crippen molar-refractivity contribution in [3.63, 3.8) is 0 Å². The van der Waals surface area contributed by atoms with E-state index in [-0.39, 0.29) is 0 Å². The lowest BCUT2D eigenvalue weighted by Crippen LogP contribution is -2.01. The molecule has 5 nitrogen and oxygen atoms in total. The molecule has 0 N–H and O–H groups in total. The fourth-order valence-electron chi connectivity index (χ4n) is 7.46. The van der Waals surface area contributed by atoms with E-state index in [9.17, 15) is 10.5 Å². The molecule has 0 radical (unpaired) electrons. The van der Waals surface area contributed by atoms with Crippen molar-refractivity contribution in [1.82, 2.24) is 9.13 Å². The largest absolute Gasteiger partial charge is 0.309 e. The van der Waals surface area contributed by atoms with Crippen LogP contribution in [0, 0.1) is 29.2 Å². The van der Waals surface area contributed by atoms with Crippen LogP contribution >= 0.6 is 0 Å². The van der Waals surface area contributed by atoms with Gasteiger partial charge in [-0.25, -0.2) is 4.85 Å². The summed E-state index contributed by atoms with van der Waals surface area (Å²) in [5.74, 6) is 0. The Morgan fingerprint density at radius 1 is 0.480 bits per heavy atom. The predicted molar refractivity (Wildman–Crippen MR) is 202 cm³/mol. The summed E-state index contributed by atoms with van der Waals surface area (Å²) >= 11 is 0. The molecule has 0 fully saturated rings. The average Bonchev–Trinajstić information content (AvgIpc) is 3.69. The van der Waals surface area contributed by atoms with E-state index in [0.717, 1.165) is 77.2 Å². The van der Waals surface area contributed by atoms with Crippen LogP contribution in [-0.4, -0.2) is 9.13 Å². The highest BCUT2D eigenvalue weighted by Crippen LogP contribution is 2.43. The fourth-order valence-corrected chi connectivity index (χ4v) is 7.46. The van der Waals surface area contributed by atoms with Crippen LogP contribution < -0.4 is 0 Å². The molecule has 0 bridgehead atoms. The summed E-state index contributed by atoms with van der Waals surface area (Å²) < 4.78 is 4.41. The molecule has 7 aromatic carbocycles. The number of hydrogen-bond acceptors (Lipinski definition) is 2. The third kappa shape index (κ3) is 4.31. The summed E-state index contributed by atoms with van der Waals surface area (Å²) in [6, 6.07) is 55.6. The molecule has 0 amide bonds. The second kappa shape index (κ2) is 11.4. The van der Waals surface area contributed by atoms with Gasteiger partial charge in [-0.2, -0.15) is 10.5 Å². The van der Waals surface area contributed by atoms with Crippen molar-refractivity contribution in [2.45, 2.75) is 0 Å². The minimum atomic E-state index is 0.544. The van der Waals surface area contributed by atoms with Crippen LogP contribution in [0.2, 0.25) is 0 Å². The lowest BCUT2D eigenvalue weighted by Gasteiger charge is -2.19. The van der Waals surface area contributed by atoms with Crippen molar-refractivity contribution in [3.05, 3.63) is 174 Å². The standard InChI is InChI=1S/C45H25N5/c1-48-33-20-23-43-38(26-33)36-13-6-8-16-41(36)50(43)44-17-9-14-34(45(44)30-10-3-2-4-11-30)31-19-22-39(32(25-31)28-47)49-40-15-7-5-12-35(40)37-24-29(27-46)18-21-42(37)49/h2-26H. The minimum absolute atomic E-state index is 0.544. The van der Waals surface area contributed by atoms with Crippen LogP contribution in [0.4, 0.5) is 5.69 Å². The molecule has 0 aliphatic heterocycles. The second-order valence-corrected chi connectivity index (χ2v) is 12.3. The molecule has 50 heavy (non-hydrogen) atoms. The first-order chi connectivity index (χ1) is 24.7. The molecule has 0 saturated carbocycles. The maximum Gasteiger partial charge on any atom is 0.188 e. The Kier molecular flexibility index (Phi) is 6.56. The highest BCUT2D eigenvalue weighted by Gasteiger charge is 2.21. The molecule has 230 valence electrons. The highest BCUT2D eigenvalue weighted by atomic mass is 15.0. The third-order valence-electron chi connectivity index (χ3n) is 9.60. The van der Waals surface area contributed by atoms with Crippen molar-refractivity contribution in [2.24, 2.45) is 0 Å². The summed E-state index contributed by atoms with van der Waals surface area (Å²) in [6.45, 7) is 7.64. The quantitative estimate of drug-likeness (QED) is 0.181. The number of fused-ring (bicyclic) bond motifs is 6. The Hall–Kier alpha value is -7.39. The van der Waals surface area contributed by atoms with Gasteiger partial charge in [0.25, 0.3) is 0 Å². The van der Waals surface area contributed by atoms with Crippen LogP contribution in [-0.2, 0) is 0 Å². The number of hydrogen-bond donors (Lipinski definition) is 0. The van der Waals surface area contributed by atoms with Gasteiger partial charge in [0.1, 0.15) is 6.07 Å². The normalized spacial score (nSPS) is 11.1. The van der Waals surface area contributed by atoms with Gasteiger partial charge in [-0.3, -0.25) is 0 Å². The molecule has 0 spiro atoms. The maximum atomic E-state index is 10.7. The summed E-state index contributed by atoms with van der Waals surface area (Å²) in [4.78, 5) is 3.71. The zero-order valence-electron chi connectivity index (χ0n) is 26.7. The molecule has 0 unspecified atom stereocenters. The van der Waals surface area contributed by atoms with Crippen LogP contribution in [0.1, 0.15) is 11.1 Å². The average molecular weight is 636 g/mol. The van der Waals surface area contributed by atoms with Gasteiger partial charge in [0, 0.05) is 21.7 Å². The summed E-state index contributed by atoms with van der Waals surface area (Å²) in [6.07, 6.45) is 0. The molecule has 9 aromatic rings. The van der Waals surface area contributed by atoms with E-state index in [1.165, 1.54) is 0 Å². The number of para-hydroxylation sites is 2. The molecule has 2 heterocycles. The van der Waals surface area contributed by atoms with Crippen LogP contribution in [0.15, 0.2) is 152 Å². The third-order valence-corrected chi connectivity index (χ3v) is 9.60. The van der Waals surface area contributed by atoms with Gasteiger partial charge in [-0.1, -0.05) is 91.0 Å². The maximum absolute atomic E-state index is 10.7. The fraction of sp³-hybridized carbons (Fsp3) is 0. The van der Waals surface area contributed by atoms with E-state index in [4.69, 9.17) is 6.57 Å². The number of aromatic nitrogens is 2. The zero-order chi connectivity index (χ0) is 33.8. The number of nitrogens with zero attached hydrogens (tertiary/aromatic N) is 5. The molecular formula is C45H25N5. The van der Waals surface area contributed by atoms with E-state index in [2.05, 4.69) is 86.8 Å². The Balaban J connectivity index is 1.31. The zero-order valence-corrected chi connectivity index (χ0v) is 26.7. The minimum Gasteiger partial charge on any atom is -0.309 e. The topological polar surface area (TPSA) is 61.8 Å². The van der Waals surface area contributed by atoms with E-state index in [1.807, 2.05) is 91.0 Å². The second-order valence-electron chi connectivity index (χ2n) is 12.3. The highest BCUT2D eigenvalue weighted by molar-refractivity contribution is 6.12. The van der Waals surface area contributed by atoms with Crippen LogP contribution in [0.5, 0.6) is 0 Å². The Morgan fingerprint density at radius 3 is 1.82 bits per heavy atom. The Bertz CT molecular complexity index is 2960. The van der Waals surface area contributed by atoms with Crippen LogP contribution in [0.3, 0.4) is 0 Å². The molecule has 0 aliphatic carbocycles. The first-order valence-corrected chi connectivity index (χ1v) is 16.3. The van der Waals surface area contributed by atoms with Crippen molar-refractivity contribution in [1.29, 1.82) is 10.5 Å². The monoisotopic (exact) mass is 635 g/mol. The van der Waals surface area contributed by atoms with E-state index in [1.54, 1.807) is 0 Å². The SMILES string of the molecule is [C-]#[N+]c1ccc2c(c1)c1ccccc1n2-c1cccc(-c2ccc(-n3c4ccccc4c4cc(C#N)ccc43)c(C#N)c2)c1-c1ccccc1. The predicted octanol–water partition coefficient (Wildman–Crippen LogP) is 11.5. The van der Waals surface area contributed by atoms with Gasteiger partial charge >= 0.3 is 0 Å². The number of nitriles is 2. The van der Waals surface area contributed by atoms with Gasteiger partial charge in [-0.05, 0) is 82.7 Å². The van der Waals surface area contributed by atoms with Gasteiger partial charge in [0.15, 0.2) is 5.69 Å². The summed E-state index contributed by atoms with van der Waals surface area (Å²) in [7, 11) is 0. The number of benzene rings is 7. The molecule has 0 atom stereocenters. The molecule has 0 saturated heterocycles. The van der Waals surface area contributed by atoms with Crippen LogP contribution in [0.25, 0.3) is 82.1 Å². The summed E-state index contributed by atoms with van der Waals surface area (Å²) in [5.41, 5.74) is 11.5. The molecule has 9 rings (SSSR count). The van der Waals surface area contributed by atoms with Gasteiger partial charge in [0.05, 0.1) is 57.2 Å². The van der Waals surface area contributed by atoms with Crippen molar-refractivity contribution in [3.8, 4) is 45.8 Å². The lowest BCUT2D eigenvalue weighted by molar-refractivity contribution is 1.17. The number of rotatable bonds is 4. The molecule has 0 aliphatic rings. The Labute approximate surface area is 288 Å². The van der Waals surface area contributed by atoms with E-state index >= 15 is 0 Å². The summed E-state index contributed by atoms with van der Waals surface area (Å²) in [5, 5.41) is 24.4.